The lowest BCUT2D eigenvalue weighted by molar-refractivity contribution is -0.153. The summed E-state index contributed by atoms with van der Waals surface area (Å²) < 4.78 is 68.0. The average Bonchev–Trinajstić information content (AvgIpc) is 2.23. The molecule has 0 saturated heterocycles. The summed E-state index contributed by atoms with van der Waals surface area (Å²) in [6, 6.07) is 6.13. The number of ether oxygens (including phenoxy) is 2. The maximum atomic E-state index is 11.8. The van der Waals surface area contributed by atoms with Crippen LogP contribution < -0.4 is 9.47 Å². The van der Waals surface area contributed by atoms with Crippen LogP contribution in [0.4, 0.5) is 22.0 Å². The molecule has 0 aromatic heterocycles. The first-order valence-electron chi connectivity index (χ1n) is 4.49. The van der Waals surface area contributed by atoms with E-state index in [9.17, 15) is 22.0 Å². The fourth-order valence-electron chi connectivity index (χ4n) is 0.908. The van der Waals surface area contributed by atoms with E-state index in [-0.39, 0.29) is 11.5 Å². The second-order valence-corrected chi connectivity index (χ2v) is 2.99. The predicted octanol–water partition coefficient (Wildman–Crippen LogP) is 3.07. The molecule has 0 bridgehead atoms. The topological polar surface area (TPSA) is 18.5 Å². The maximum Gasteiger partial charge on any atom is 0.422 e. The van der Waals surface area contributed by atoms with Crippen molar-refractivity contribution >= 4 is 0 Å². The highest BCUT2D eigenvalue weighted by molar-refractivity contribution is 5.31. The van der Waals surface area contributed by atoms with Crippen LogP contribution in [0.15, 0.2) is 18.2 Å². The van der Waals surface area contributed by atoms with Crippen LogP contribution in [0, 0.1) is 6.07 Å². The number of alkyl halides is 5. The van der Waals surface area contributed by atoms with E-state index >= 15 is 0 Å². The molecule has 17 heavy (non-hydrogen) atoms. The quantitative estimate of drug-likeness (QED) is 0.753. The number of rotatable bonds is 5. The highest BCUT2D eigenvalue weighted by Crippen LogP contribution is 2.21. The highest BCUT2D eigenvalue weighted by Gasteiger charge is 2.28. The molecule has 1 aromatic rings. The van der Waals surface area contributed by atoms with E-state index in [1.807, 2.05) is 0 Å². The van der Waals surface area contributed by atoms with Crippen LogP contribution in [-0.4, -0.2) is 25.8 Å². The Balaban J connectivity index is 2.54. The van der Waals surface area contributed by atoms with E-state index in [0.717, 1.165) is 0 Å². The van der Waals surface area contributed by atoms with Gasteiger partial charge >= 0.3 is 6.18 Å². The smallest absolute Gasteiger partial charge is 0.422 e. The number of halogens is 5. The van der Waals surface area contributed by atoms with Gasteiger partial charge in [-0.2, -0.15) is 13.2 Å². The monoisotopic (exact) mass is 255 g/mol. The maximum absolute atomic E-state index is 11.8. The van der Waals surface area contributed by atoms with Crippen LogP contribution in [0.3, 0.4) is 0 Å². The van der Waals surface area contributed by atoms with Crippen LogP contribution in [0.2, 0.25) is 0 Å². The zero-order valence-electron chi connectivity index (χ0n) is 8.43. The van der Waals surface area contributed by atoms with Gasteiger partial charge < -0.3 is 9.47 Å². The summed E-state index contributed by atoms with van der Waals surface area (Å²) in [7, 11) is 0. The first kappa shape index (κ1) is 13.5. The minimum Gasteiger partial charge on any atom is -0.487 e. The van der Waals surface area contributed by atoms with Crippen molar-refractivity contribution in [2.75, 3.05) is 13.2 Å². The van der Waals surface area contributed by atoms with Crippen molar-refractivity contribution in [2.24, 2.45) is 0 Å². The minimum atomic E-state index is -4.46. The molecule has 95 valence electrons. The van der Waals surface area contributed by atoms with Gasteiger partial charge in [-0.3, -0.25) is 0 Å². The summed E-state index contributed by atoms with van der Waals surface area (Å²) >= 11 is 0. The zero-order chi connectivity index (χ0) is 12.9. The van der Waals surface area contributed by atoms with Gasteiger partial charge in [-0.1, -0.05) is 6.07 Å². The largest absolute Gasteiger partial charge is 0.487 e. The molecule has 1 rings (SSSR count). The molecule has 0 unspecified atom stereocenters. The van der Waals surface area contributed by atoms with Crippen molar-refractivity contribution in [1.29, 1.82) is 0 Å². The van der Waals surface area contributed by atoms with Crippen molar-refractivity contribution in [2.45, 2.75) is 12.6 Å². The summed E-state index contributed by atoms with van der Waals surface area (Å²) in [4.78, 5) is 0. The van der Waals surface area contributed by atoms with Gasteiger partial charge in [0.05, 0.1) is 6.07 Å². The van der Waals surface area contributed by atoms with E-state index in [1.54, 1.807) is 0 Å². The molecule has 0 aliphatic heterocycles. The molecule has 0 fully saturated rings. The first-order valence-corrected chi connectivity index (χ1v) is 4.49. The standard InChI is InChI=1S/C10H8F5O2/c11-9(12)5-16-7-2-1-3-8(4-7)17-6-10(13,14)15/h1-3,9H,5-6H2. The molecule has 0 N–H and O–H groups in total. The Bertz CT molecular complexity index is 351. The molecule has 0 aliphatic carbocycles. The van der Waals surface area contributed by atoms with Crippen LogP contribution in [-0.2, 0) is 0 Å². The van der Waals surface area contributed by atoms with E-state index < -0.39 is 25.8 Å². The third-order valence-corrected chi connectivity index (χ3v) is 1.50. The SMILES string of the molecule is FC(F)COc1[c]c(OCC(F)(F)F)ccc1. The number of hydrogen-bond donors (Lipinski definition) is 0. The molecule has 1 aromatic carbocycles. The fraction of sp³-hybridized carbons (Fsp3) is 0.400. The molecule has 0 atom stereocenters. The van der Waals surface area contributed by atoms with Gasteiger partial charge in [0, 0.05) is 0 Å². The van der Waals surface area contributed by atoms with Gasteiger partial charge in [-0.15, -0.1) is 0 Å². The summed E-state index contributed by atoms with van der Waals surface area (Å²) in [5.41, 5.74) is 0. The number of benzene rings is 1. The summed E-state index contributed by atoms with van der Waals surface area (Å²) in [6.45, 7) is -2.32. The Hall–Kier alpha value is -1.53. The van der Waals surface area contributed by atoms with Gasteiger partial charge in [0.15, 0.2) is 6.61 Å². The lowest BCUT2D eigenvalue weighted by atomic mass is 10.3. The lowest BCUT2D eigenvalue weighted by Gasteiger charge is -2.10. The Kier molecular flexibility index (Phi) is 4.53. The van der Waals surface area contributed by atoms with Crippen molar-refractivity contribution in [3.8, 4) is 11.5 Å². The van der Waals surface area contributed by atoms with Crippen LogP contribution >= 0.6 is 0 Å². The van der Waals surface area contributed by atoms with Crippen LogP contribution in [0.1, 0.15) is 0 Å². The van der Waals surface area contributed by atoms with E-state index in [0.29, 0.717) is 0 Å². The van der Waals surface area contributed by atoms with Gasteiger partial charge in [-0.25, -0.2) is 8.78 Å². The van der Waals surface area contributed by atoms with Gasteiger partial charge in [-0.05, 0) is 12.1 Å². The Morgan fingerprint density at radius 2 is 1.71 bits per heavy atom. The number of hydrogen-bond acceptors (Lipinski definition) is 2. The van der Waals surface area contributed by atoms with Gasteiger partial charge in [0.2, 0.25) is 0 Å². The molecule has 0 saturated carbocycles. The Morgan fingerprint density at radius 3 is 2.24 bits per heavy atom. The minimum absolute atomic E-state index is 0.0926. The van der Waals surface area contributed by atoms with Crippen molar-refractivity contribution < 1.29 is 31.4 Å². The Morgan fingerprint density at radius 1 is 1.12 bits per heavy atom. The molecule has 1 radical (unpaired) electrons. The lowest BCUT2D eigenvalue weighted by Crippen LogP contribution is -2.19. The van der Waals surface area contributed by atoms with Gasteiger partial charge in [0.1, 0.15) is 18.1 Å². The molecule has 0 aliphatic rings. The van der Waals surface area contributed by atoms with E-state index in [4.69, 9.17) is 0 Å². The predicted molar refractivity (Wildman–Crippen MR) is 48.3 cm³/mol. The third-order valence-electron chi connectivity index (χ3n) is 1.50. The zero-order valence-corrected chi connectivity index (χ0v) is 8.43. The second-order valence-electron chi connectivity index (χ2n) is 2.99. The van der Waals surface area contributed by atoms with E-state index in [1.165, 1.54) is 18.2 Å². The summed E-state index contributed by atoms with van der Waals surface area (Å²) in [6.07, 6.45) is -7.13. The normalized spacial score (nSPS) is 11.6. The average molecular weight is 255 g/mol. The molecular formula is C10H8F5O2. The molecule has 0 spiro atoms. The summed E-state index contributed by atoms with van der Waals surface area (Å²) in [5.74, 6) is -0.306. The highest BCUT2D eigenvalue weighted by atomic mass is 19.4. The van der Waals surface area contributed by atoms with Crippen LogP contribution in [0.5, 0.6) is 11.5 Å². The Labute approximate surface area is 93.9 Å². The summed E-state index contributed by atoms with van der Waals surface area (Å²) in [5, 5.41) is 0. The van der Waals surface area contributed by atoms with Crippen LogP contribution in [0.25, 0.3) is 0 Å². The van der Waals surface area contributed by atoms with Crippen molar-refractivity contribution in [1.82, 2.24) is 0 Å². The van der Waals surface area contributed by atoms with E-state index in [2.05, 4.69) is 15.5 Å². The molecule has 0 amide bonds. The first-order chi connectivity index (χ1) is 7.87. The third kappa shape index (κ3) is 5.94. The molecular weight excluding hydrogens is 247 g/mol. The molecule has 2 nitrogen and oxygen atoms in total. The molecule has 0 heterocycles. The fourth-order valence-corrected chi connectivity index (χ4v) is 0.908. The molecule has 7 heteroatoms. The van der Waals surface area contributed by atoms with Gasteiger partial charge in [0.25, 0.3) is 6.43 Å². The van der Waals surface area contributed by atoms with Crippen molar-refractivity contribution in [3.63, 3.8) is 0 Å². The second kappa shape index (κ2) is 5.70. The van der Waals surface area contributed by atoms with Crippen molar-refractivity contribution in [3.05, 3.63) is 24.3 Å².